The number of aromatic nitrogens is 2. The van der Waals surface area contributed by atoms with Crippen LogP contribution in [-0.2, 0) is 14.6 Å². The summed E-state index contributed by atoms with van der Waals surface area (Å²) >= 11 is 0. The molecule has 0 aliphatic carbocycles. The van der Waals surface area contributed by atoms with Crippen molar-refractivity contribution >= 4 is 32.5 Å². The molecule has 1 fully saturated rings. The quantitative estimate of drug-likeness (QED) is 0.808. The molecule has 1 aromatic heterocycles. The molecular formula is C14H15FN4O3S. The van der Waals surface area contributed by atoms with E-state index in [1.807, 2.05) is 0 Å². The van der Waals surface area contributed by atoms with E-state index in [4.69, 9.17) is 0 Å². The van der Waals surface area contributed by atoms with E-state index in [0.29, 0.717) is 11.8 Å². The van der Waals surface area contributed by atoms with Crippen LogP contribution in [0.1, 0.15) is 12.8 Å². The van der Waals surface area contributed by atoms with Gasteiger partial charge in [-0.05, 0) is 24.5 Å². The summed E-state index contributed by atoms with van der Waals surface area (Å²) < 4.78 is 36.4. The summed E-state index contributed by atoms with van der Waals surface area (Å²) in [6, 6.07) is 4.45. The Bertz CT molecular complexity index is 856. The van der Waals surface area contributed by atoms with Crippen LogP contribution in [0.3, 0.4) is 0 Å². The summed E-state index contributed by atoms with van der Waals surface area (Å²) in [5.41, 5.74) is 5.26. The minimum Gasteiger partial charge on any atom is -0.281 e. The van der Waals surface area contributed by atoms with Crippen molar-refractivity contribution in [1.82, 2.24) is 15.4 Å². The molecule has 0 bridgehead atoms. The average Bonchev–Trinajstić information content (AvgIpc) is 2.84. The fourth-order valence-corrected chi connectivity index (χ4v) is 4.49. The molecule has 122 valence electrons. The van der Waals surface area contributed by atoms with Gasteiger partial charge in [0.05, 0.1) is 11.5 Å². The molecule has 1 aliphatic rings. The number of nitrogens with one attached hydrogen (secondary N) is 2. The standard InChI is InChI=1S/C14H15FN4O3S/c15-11-3-1-2-10-13(11)16-8-17-14(10)19-18-12(20)6-9-4-5-23(21,22)7-9/h1-3,8-9H,4-7H2,(H,18,20)(H,16,17,19). The topological polar surface area (TPSA) is 101 Å². The molecule has 2 aromatic rings. The Morgan fingerprint density at radius 3 is 2.91 bits per heavy atom. The van der Waals surface area contributed by atoms with E-state index in [1.54, 1.807) is 6.07 Å². The van der Waals surface area contributed by atoms with E-state index in [2.05, 4.69) is 20.8 Å². The molecule has 9 heteroatoms. The van der Waals surface area contributed by atoms with E-state index >= 15 is 0 Å². The van der Waals surface area contributed by atoms with Gasteiger partial charge in [-0.2, -0.15) is 0 Å². The first kappa shape index (κ1) is 15.6. The van der Waals surface area contributed by atoms with Crippen LogP contribution >= 0.6 is 0 Å². The van der Waals surface area contributed by atoms with Gasteiger partial charge < -0.3 is 0 Å². The largest absolute Gasteiger partial charge is 0.281 e. The van der Waals surface area contributed by atoms with Crippen molar-refractivity contribution in [2.45, 2.75) is 12.8 Å². The summed E-state index contributed by atoms with van der Waals surface area (Å²) in [4.78, 5) is 19.7. The number of fused-ring (bicyclic) bond motifs is 1. The maximum atomic E-state index is 13.6. The molecule has 0 radical (unpaired) electrons. The number of carbonyl (C=O) groups excluding carboxylic acids is 1. The highest BCUT2D eigenvalue weighted by atomic mass is 32.2. The fraction of sp³-hybridized carbons (Fsp3) is 0.357. The third-order valence-corrected chi connectivity index (χ3v) is 5.57. The van der Waals surface area contributed by atoms with Crippen LogP contribution in [0.15, 0.2) is 24.5 Å². The van der Waals surface area contributed by atoms with Gasteiger partial charge >= 0.3 is 0 Å². The molecule has 1 unspecified atom stereocenters. The van der Waals surface area contributed by atoms with Gasteiger partial charge in [0.15, 0.2) is 15.7 Å². The molecule has 3 rings (SSSR count). The fourth-order valence-electron chi connectivity index (χ4n) is 2.63. The second-order valence-electron chi connectivity index (χ2n) is 5.50. The number of anilines is 1. The summed E-state index contributed by atoms with van der Waals surface area (Å²) in [5, 5.41) is 0.441. The van der Waals surface area contributed by atoms with E-state index < -0.39 is 15.7 Å². The maximum Gasteiger partial charge on any atom is 0.238 e. The van der Waals surface area contributed by atoms with Crippen LogP contribution in [0.5, 0.6) is 0 Å². The summed E-state index contributed by atoms with van der Waals surface area (Å²) in [6.45, 7) is 0. The average molecular weight is 338 g/mol. The maximum absolute atomic E-state index is 13.6. The molecule has 0 saturated carbocycles. The summed E-state index contributed by atoms with van der Waals surface area (Å²) in [5.74, 6) is -0.523. The Balaban J connectivity index is 1.65. The highest BCUT2D eigenvalue weighted by Crippen LogP contribution is 2.22. The van der Waals surface area contributed by atoms with Crippen LogP contribution in [0.2, 0.25) is 0 Å². The number of sulfone groups is 1. The van der Waals surface area contributed by atoms with E-state index in [1.165, 1.54) is 18.5 Å². The number of nitrogens with zero attached hydrogens (tertiary/aromatic N) is 2. The lowest BCUT2D eigenvalue weighted by atomic mass is 10.1. The third-order valence-electron chi connectivity index (χ3n) is 3.74. The monoisotopic (exact) mass is 338 g/mol. The number of carbonyl (C=O) groups is 1. The Hall–Kier alpha value is -2.29. The normalized spacial score (nSPS) is 19.6. The summed E-state index contributed by atoms with van der Waals surface area (Å²) in [7, 11) is -3.00. The van der Waals surface area contributed by atoms with Crippen molar-refractivity contribution < 1.29 is 17.6 Å². The zero-order valence-corrected chi connectivity index (χ0v) is 12.9. The molecule has 1 amide bonds. The number of hydrogen-bond acceptors (Lipinski definition) is 6. The van der Waals surface area contributed by atoms with Crippen molar-refractivity contribution in [3.63, 3.8) is 0 Å². The minimum atomic E-state index is -3.00. The van der Waals surface area contributed by atoms with Crippen LogP contribution in [-0.4, -0.2) is 35.8 Å². The number of hydrogen-bond donors (Lipinski definition) is 2. The predicted octanol–water partition coefficient (Wildman–Crippen LogP) is 1.04. The van der Waals surface area contributed by atoms with Gasteiger partial charge in [-0.3, -0.25) is 15.6 Å². The molecule has 1 aromatic carbocycles. The minimum absolute atomic E-state index is 0.0437. The first-order valence-electron chi connectivity index (χ1n) is 7.09. The molecular weight excluding hydrogens is 323 g/mol. The van der Waals surface area contributed by atoms with Crippen molar-refractivity contribution in [3.05, 3.63) is 30.3 Å². The smallest absolute Gasteiger partial charge is 0.238 e. The second-order valence-corrected chi connectivity index (χ2v) is 7.73. The Morgan fingerprint density at radius 1 is 1.35 bits per heavy atom. The highest BCUT2D eigenvalue weighted by molar-refractivity contribution is 7.91. The number of hydrazine groups is 1. The van der Waals surface area contributed by atoms with E-state index in [0.717, 1.165) is 0 Å². The third kappa shape index (κ3) is 3.55. The molecule has 1 atom stereocenters. The van der Waals surface area contributed by atoms with Crippen molar-refractivity contribution in [3.8, 4) is 0 Å². The lowest BCUT2D eigenvalue weighted by Crippen LogP contribution is -2.31. The van der Waals surface area contributed by atoms with Gasteiger partial charge in [-0.15, -0.1) is 0 Å². The zero-order chi connectivity index (χ0) is 16.4. The predicted molar refractivity (Wildman–Crippen MR) is 82.6 cm³/mol. The molecule has 0 spiro atoms. The Kier molecular flexibility index (Phi) is 4.12. The number of para-hydroxylation sites is 1. The van der Waals surface area contributed by atoms with Crippen molar-refractivity contribution in [1.29, 1.82) is 0 Å². The molecule has 1 saturated heterocycles. The molecule has 1 aliphatic heterocycles. The van der Waals surface area contributed by atoms with Crippen LogP contribution in [0.25, 0.3) is 10.9 Å². The number of benzene rings is 1. The zero-order valence-electron chi connectivity index (χ0n) is 12.1. The SMILES string of the molecule is O=C(CC1CCS(=O)(=O)C1)NNc1ncnc2c(F)cccc12. The van der Waals surface area contributed by atoms with Crippen molar-refractivity contribution in [2.75, 3.05) is 16.9 Å². The lowest BCUT2D eigenvalue weighted by molar-refractivity contribution is -0.121. The van der Waals surface area contributed by atoms with Crippen molar-refractivity contribution in [2.24, 2.45) is 5.92 Å². The van der Waals surface area contributed by atoms with Crippen LogP contribution < -0.4 is 10.9 Å². The summed E-state index contributed by atoms with van der Waals surface area (Å²) in [6.07, 6.45) is 1.81. The van der Waals surface area contributed by atoms with E-state index in [-0.39, 0.29) is 41.1 Å². The number of halogens is 1. The first-order valence-corrected chi connectivity index (χ1v) is 8.91. The number of amides is 1. The van der Waals surface area contributed by atoms with Gasteiger partial charge in [0.1, 0.15) is 17.7 Å². The van der Waals surface area contributed by atoms with Gasteiger partial charge in [0.2, 0.25) is 5.91 Å². The van der Waals surface area contributed by atoms with Crippen LogP contribution in [0.4, 0.5) is 10.2 Å². The van der Waals surface area contributed by atoms with Crippen LogP contribution in [0, 0.1) is 11.7 Å². The molecule has 23 heavy (non-hydrogen) atoms. The lowest BCUT2D eigenvalue weighted by Gasteiger charge is -2.11. The molecule has 2 N–H and O–H groups in total. The molecule has 7 nitrogen and oxygen atoms in total. The first-order chi connectivity index (χ1) is 10.9. The van der Waals surface area contributed by atoms with Gasteiger partial charge in [0, 0.05) is 11.8 Å². The second kappa shape index (κ2) is 6.07. The number of rotatable bonds is 4. The Morgan fingerprint density at radius 2 is 2.17 bits per heavy atom. The molecule has 2 heterocycles. The highest BCUT2D eigenvalue weighted by Gasteiger charge is 2.29. The van der Waals surface area contributed by atoms with Gasteiger partial charge in [0.25, 0.3) is 0 Å². The van der Waals surface area contributed by atoms with Gasteiger partial charge in [-0.25, -0.2) is 22.8 Å². The van der Waals surface area contributed by atoms with E-state index in [9.17, 15) is 17.6 Å². The van der Waals surface area contributed by atoms with Gasteiger partial charge in [-0.1, -0.05) is 6.07 Å². The Labute approximate surface area is 132 Å².